The molecule has 1 aliphatic heterocycles. The lowest BCUT2D eigenvalue weighted by Crippen LogP contribution is -2.29. The standard InChI is InChI=1S/C19H23NO2/c1-4-13(2)18-15-11-8-12-16(22-3)17(15)19(21)20(18)14-9-6-5-7-10-14/h5-13,18-19,21H,4H2,1-3H3. The fourth-order valence-corrected chi connectivity index (χ4v) is 3.42. The summed E-state index contributed by atoms with van der Waals surface area (Å²) >= 11 is 0. The van der Waals surface area contributed by atoms with Gasteiger partial charge in [-0.15, -0.1) is 0 Å². The summed E-state index contributed by atoms with van der Waals surface area (Å²) in [5.74, 6) is 1.19. The maximum Gasteiger partial charge on any atom is 0.157 e. The van der Waals surface area contributed by atoms with Crippen molar-refractivity contribution in [3.8, 4) is 5.75 Å². The molecule has 1 aliphatic rings. The van der Waals surface area contributed by atoms with Gasteiger partial charge in [-0.25, -0.2) is 0 Å². The van der Waals surface area contributed by atoms with Crippen LogP contribution < -0.4 is 9.64 Å². The first kappa shape index (κ1) is 14.9. The molecule has 3 heteroatoms. The van der Waals surface area contributed by atoms with Gasteiger partial charge in [0, 0.05) is 11.3 Å². The van der Waals surface area contributed by atoms with E-state index in [-0.39, 0.29) is 6.04 Å². The van der Waals surface area contributed by atoms with Gasteiger partial charge in [0.2, 0.25) is 0 Å². The number of fused-ring (bicyclic) bond motifs is 1. The van der Waals surface area contributed by atoms with Crippen LogP contribution in [-0.4, -0.2) is 12.2 Å². The second-order valence-electron chi connectivity index (χ2n) is 5.91. The quantitative estimate of drug-likeness (QED) is 0.913. The molecular formula is C19H23NO2. The van der Waals surface area contributed by atoms with Crippen molar-refractivity contribution in [1.82, 2.24) is 0 Å². The lowest BCUT2D eigenvalue weighted by molar-refractivity contribution is 0.164. The maximum absolute atomic E-state index is 11.0. The molecule has 0 bridgehead atoms. The van der Waals surface area contributed by atoms with Crippen LogP contribution in [0.15, 0.2) is 48.5 Å². The average Bonchev–Trinajstić information content (AvgIpc) is 2.88. The maximum atomic E-state index is 11.0. The summed E-state index contributed by atoms with van der Waals surface area (Å²) in [6, 6.07) is 16.3. The van der Waals surface area contributed by atoms with Gasteiger partial charge in [0.15, 0.2) is 6.23 Å². The Bertz CT molecular complexity index is 641. The topological polar surface area (TPSA) is 32.7 Å². The van der Waals surface area contributed by atoms with E-state index in [4.69, 9.17) is 4.74 Å². The molecule has 0 aromatic heterocycles. The summed E-state index contributed by atoms with van der Waals surface area (Å²) in [4.78, 5) is 2.11. The summed E-state index contributed by atoms with van der Waals surface area (Å²) in [7, 11) is 1.66. The van der Waals surface area contributed by atoms with Crippen LogP contribution in [0, 0.1) is 5.92 Å². The zero-order valence-corrected chi connectivity index (χ0v) is 13.4. The second-order valence-corrected chi connectivity index (χ2v) is 5.91. The first-order chi connectivity index (χ1) is 10.7. The Morgan fingerprint density at radius 2 is 1.86 bits per heavy atom. The number of aliphatic hydroxyl groups excluding tert-OH is 1. The molecule has 0 spiro atoms. The fourth-order valence-electron chi connectivity index (χ4n) is 3.42. The molecule has 3 nitrogen and oxygen atoms in total. The van der Waals surface area contributed by atoms with E-state index in [2.05, 4.69) is 36.9 Å². The summed E-state index contributed by atoms with van der Waals surface area (Å²) in [5.41, 5.74) is 3.11. The molecule has 2 aromatic rings. The van der Waals surface area contributed by atoms with Crippen LogP contribution in [0.4, 0.5) is 5.69 Å². The third-order valence-electron chi connectivity index (χ3n) is 4.70. The van der Waals surface area contributed by atoms with Gasteiger partial charge in [-0.05, 0) is 29.7 Å². The van der Waals surface area contributed by atoms with E-state index >= 15 is 0 Å². The van der Waals surface area contributed by atoms with Crippen molar-refractivity contribution in [2.75, 3.05) is 12.0 Å². The van der Waals surface area contributed by atoms with Gasteiger partial charge in [-0.1, -0.05) is 50.6 Å². The monoisotopic (exact) mass is 297 g/mol. The van der Waals surface area contributed by atoms with Crippen molar-refractivity contribution in [2.45, 2.75) is 32.5 Å². The van der Waals surface area contributed by atoms with Crippen molar-refractivity contribution in [3.05, 3.63) is 59.7 Å². The number of methoxy groups -OCH3 is 1. The molecule has 0 fully saturated rings. The highest BCUT2D eigenvalue weighted by molar-refractivity contribution is 5.59. The number of hydrogen-bond donors (Lipinski definition) is 1. The SMILES string of the molecule is CCC(C)C1c2cccc(OC)c2C(O)N1c1ccccc1. The number of para-hydroxylation sites is 1. The molecule has 3 rings (SSSR count). The molecule has 3 atom stereocenters. The van der Waals surface area contributed by atoms with Crippen LogP contribution in [0.25, 0.3) is 0 Å². The molecule has 1 N–H and O–H groups in total. The van der Waals surface area contributed by atoms with Crippen LogP contribution >= 0.6 is 0 Å². The van der Waals surface area contributed by atoms with Crippen molar-refractivity contribution in [2.24, 2.45) is 5.92 Å². The van der Waals surface area contributed by atoms with Crippen molar-refractivity contribution in [3.63, 3.8) is 0 Å². The number of anilines is 1. The zero-order valence-electron chi connectivity index (χ0n) is 13.4. The van der Waals surface area contributed by atoms with Crippen molar-refractivity contribution < 1.29 is 9.84 Å². The Hall–Kier alpha value is -2.00. The molecule has 0 radical (unpaired) electrons. The van der Waals surface area contributed by atoms with Gasteiger partial charge in [0.1, 0.15) is 5.75 Å². The normalized spacial score (nSPS) is 21.5. The average molecular weight is 297 g/mol. The number of aliphatic hydroxyl groups is 1. The third kappa shape index (κ3) is 2.26. The lowest BCUT2D eigenvalue weighted by atomic mass is 9.91. The van der Waals surface area contributed by atoms with Gasteiger partial charge in [0.25, 0.3) is 0 Å². The van der Waals surface area contributed by atoms with Crippen molar-refractivity contribution >= 4 is 5.69 Å². The van der Waals surface area contributed by atoms with E-state index in [1.165, 1.54) is 5.56 Å². The molecule has 1 heterocycles. The van der Waals surface area contributed by atoms with E-state index < -0.39 is 6.23 Å². The molecular weight excluding hydrogens is 274 g/mol. The lowest BCUT2D eigenvalue weighted by Gasteiger charge is -2.33. The number of ether oxygens (including phenoxy) is 1. The first-order valence-corrected chi connectivity index (χ1v) is 7.87. The van der Waals surface area contributed by atoms with Crippen LogP contribution in [0.3, 0.4) is 0 Å². The molecule has 116 valence electrons. The number of benzene rings is 2. The largest absolute Gasteiger partial charge is 0.496 e. The number of rotatable bonds is 4. The molecule has 2 aromatic carbocycles. The number of nitrogens with zero attached hydrogens (tertiary/aromatic N) is 1. The van der Waals surface area contributed by atoms with Gasteiger partial charge >= 0.3 is 0 Å². The highest BCUT2D eigenvalue weighted by Crippen LogP contribution is 2.50. The summed E-state index contributed by atoms with van der Waals surface area (Å²) in [6.07, 6.45) is 0.379. The van der Waals surface area contributed by atoms with E-state index in [1.807, 2.05) is 30.3 Å². The van der Waals surface area contributed by atoms with Crippen LogP contribution in [-0.2, 0) is 0 Å². The predicted octanol–water partition coefficient (Wildman–Crippen LogP) is 4.29. The second kappa shape index (κ2) is 6.01. The Morgan fingerprint density at radius 1 is 1.14 bits per heavy atom. The highest BCUT2D eigenvalue weighted by Gasteiger charge is 2.41. The minimum Gasteiger partial charge on any atom is -0.496 e. The van der Waals surface area contributed by atoms with E-state index in [0.717, 1.165) is 23.4 Å². The van der Waals surface area contributed by atoms with Crippen molar-refractivity contribution in [1.29, 1.82) is 0 Å². The minimum absolute atomic E-state index is 0.160. The summed E-state index contributed by atoms with van der Waals surface area (Å²) in [5, 5.41) is 11.0. The van der Waals surface area contributed by atoms with E-state index in [0.29, 0.717) is 5.92 Å². The van der Waals surface area contributed by atoms with E-state index in [1.54, 1.807) is 7.11 Å². The minimum atomic E-state index is -0.674. The van der Waals surface area contributed by atoms with Gasteiger partial charge in [0.05, 0.1) is 13.2 Å². The smallest absolute Gasteiger partial charge is 0.157 e. The summed E-state index contributed by atoms with van der Waals surface area (Å²) in [6.45, 7) is 4.43. The third-order valence-corrected chi connectivity index (χ3v) is 4.70. The van der Waals surface area contributed by atoms with Crippen LogP contribution in [0.5, 0.6) is 5.75 Å². The van der Waals surface area contributed by atoms with Crippen LogP contribution in [0.2, 0.25) is 0 Å². The predicted molar refractivity (Wildman–Crippen MR) is 89.1 cm³/mol. The van der Waals surface area contributed by atoms with Gasteiger partial charge in [-0.2, -0.15) is 0 Å². The summed E-state index contributed by atoms with van der Waals surface area (Å²) < 4.78 is 5.49. The first-order valence-electron chi connectivity index (χ1n) is 7.87. The Labute approximate surface area is 132 Å². The molecule has 0 saturated heterocycles. The molecule has 3 unspecified atom stereocenters. The van der Waals surface area contributed by atoms with Crippen LogP contribution in [0.1, 0.15) is 43.7 Å². The van der Waals surface area contributed by atoms with E-state index in [9.17, 15) is 5.11 Å². The number of hydrogen-bond acceptors (Lipinski definition) is 3. The Kier molecular flexibility index (Phi) is 4.08. The molecule has 22 heavy (non-hydrogen) atoms. The Balaban J connectivity index is 2.15. The van der Waals surface area contributed by atoms with Gasteiger partial charge < -0.3 is 14.7 Å². The van der Waals surface area contributed by atoms with Gasteiger partial charge in [-0.3, -0.25) is 0 Å². The Morgan fingerprint density at radius 3 is 2.50 bits per heavy atom. The molecule has 0 saturated carbocycles. The fraction of sp³-hybridized carbons (Fsp3) is 0.368. The molecule has 0 amide bonds. The zero-order chi connectivity index (χ0) is 15.7. The molecule has 0 aliphatic carbocycles. The highest BCUT2D eigenvalue weighted by atomic mass is 16.5.